The van der Waals surface area contributed by atoms with Crippen molar-refractivity contribution in [2.24, 2.45) is 0 Å². The number of nitrogens with zero attached hydrogens (tertiary/aromatic N) is 1. The largest absolute Gasteiger partial charge is 0.348 e. The van der Waals surface area contributed by atoms with Gasteiger partial charge in [-0.1, -0.05) is 59.6 Å². The third kappa shape index (κ3) is 5.18. The number of hydrogen-bond donors (Lipinski definition) is 1. The Morgan fingerprint density at radius 1 is 1.00 bits per heavy atom. The van der Waals surface area contributed by atoms with Crippen LogP contribution in [0.25, 0.3) is 0 Å². The van der Waals surface area contributed by atoms with Crippen LogP contribution in [0.4, 0.5) is 5.69 Å². The van der Waals surface area contributed by atoms with Gasteiger partial charge in [-0.3, -0.25) is 9.10 Å². The van der Waals surface area contributed by atoms with Crippen molar-refractivity contribution in [2.45, 2.75) is 37.1 Å². The second-order valence-corrected chi connectivity index (χ2v) is 10.8. The van der Waals surface area contributed by atoms with Crippen LogP contribution < -0.4 is 9.62 Å². The topological polar surface area (TPSA) is 66.5 Å². The van der Waals surface area contributed by atoms with E-state index >= 15 is 0 Å². The minimum absolute atomic E-state index is 0.0560. The SMILES string of the molecule is C[C@@H](NC(=O)CN(c1cc(Cl)ccc1Cl)S(=O)(=O)c1ccccc1)c1ccc2c(c1)CCC2. The number of hydrogen-bond acceptors (Lipinski definition) is 3. The second kappa shape index (κ2) is 9.75. The molecule has 1 aliphatic rings. The van der Waals surface area contributed by atoms with Gasteiger partial charge >= 0.3 is 0 Å². The molecule has 1 atom stereocenters. The average Bonchev–Trinajstić information content (AvgIpc) is 3.27. The van der Waals surface area contributed by atoms with Crippen LogP contribution in [0.1, 0.15) is 36.1 Å². The maximum absolute atomic E-state index is 13.5. The van der Waals surface area contributed by atoms with Crippen molar-refractivity contribution in [1.29, 1.82) is 0 Å². The molecule has 1 N–H and O–H groups in total. The van der Waals surface area contributed by atoms with E-state index in [0.717, 1.165) is 29.1 Å². The number of anilines is 1. The summed E-state index contributed by atoms with van der Waals surface area (Å²) in [5.41, 5.74) is 3.80. The highest BCUT2D eigenvalue weighted by Gasteiger charge is 2.29. The van der Waals surface area contributed by atoms with Crippen molar-refractivity contribution in [3.05, 3.63) is 93.5 Å². The quantitative estimate of drug-likeness (QED) is 0.460. The normalized spacial score (nSPS) is 13.9. The third-order valence-corrected chi connectivity index (χ3v) is 8.12. The number of amides is 1. The smallest absolute Gasteiger partial charge is 0.264 e. The van der Waals surface area contributed by atoms with Crippen molar-refractivity contribution >= 4 is 44.8 Å². The summed E-state index contributed by atoms with van der Waals surface area (Å²) in [4.78, 5) is 13.1. The minimum atomic E-state index is -4.07. The van der Waals surface area contributed by atoms with Gasteiger partial charge in [-0.05, 0) is 73.2 Å². The summed E-state index contributed by atoms with van der Waals surface area (Å²) in [7, 11) is -4.07. The summed E-state index contributed by atoms with van der Waals surface area (Å²) in [6.45, 7) is 1.45. The predicted octanol–water partition coefficient (Wildman–Crippen LogP) is 5.55. The first-order valence-corrected chi connectivity index (χ1v) is 12.9. The number of benzene rings is 3. The van der Waals surface area contributed by atoms with Crippen molar-refractivity contribution in [2.75, 3.05) is 10.8 Å². The lowest BCUT2D eigenvalue weighted by atomic mass is 10.0. The Labute approximate surface area is 204 Å². The Morgan fingerprint density at radius 2 is 1.73 bits per heavy atom. The van der Waals surface area contributed by atoms with E-state index in [2.05, 4.69) is 17.4 Å². The minimum Gasteiger partial charge on any atom is -0.348 e. The summed E-state index contributed by atoms with van der Waals surface area (Å²) >= 11 is 12.5. The van der Waals surface area contributed by atoms with Crippen LogP contribution in [0.3, 0.4) is 0 Å². The molecular formula is C25H24Cl2N2O3S. The van der Waals surface area contributed by atoms with Crippen LogP contribution in [-0.4, -0.2) is 20.9 Å². The van der Waals surface area contributed by atoms with Gasteiger partial charge in [-0.25, -0.2) is 8.42 Å². The number of rotatable bonds is 7. The standard InChI is InChI=1S/C25H24Cl2N2O3S/c1-17(19-11-10-18-6-5-7-20(18)14-19)28-25(30)16-29(24-15-21(26)12-13-23(24)27)33(31,32)22-8-3-2-4-9-22/h2-4,8-15,17H,5-7,16H2,1H3,(H,28,30)/t17-/m1/s1. The molecule has 5 nitrogen and oxygen atoms in total. The van der Waals surface area contributed by atoms with Gasteiger partial charge in [0.1, 0.15) is 6.54 Å². The molecule has 0 saturated carbocycles. The Kier molecular flexibility index (Phi) is 6.98. The molecule has 1 amide bonds. The number of carbonyl (C=O) groups is 1. The van der Waals surface area contributed by atoms with E-state index in [9.17, 15) is 13.2 Å². The lowest BCUT2D eigenvalue weighted by molar-refractivity contribution is -0.120. The molecular weight excluding hydrogens is 479 g/mol. The number of fused-ring (bicyclic) bond motifs is 1. The predicted molar refractivity (Wildman–Crippen MR) is 132 cm³/mol. The Morgan fingerprint density at radius 3 is 2.48 bits per heavy atom. The van der Waals surface area contributed by atoms with E-state index in [4.69, 9.17) is 23.2 Å². The fourth-order valence-corrected chi connectivity index (χ4v) is 5.95. The number of nitrogens with one attached hydrogen (secondary N) is 1. The van der Waals surface area contributed by atoms with E-state index in [-0.39, 0.29) is 21.6 Å². The Balaban J connectivity index is 1.61. The summed E-state index contributed by atoms with van der Waals surface area (Å²) < 4.78 is 27.9. The Bertz CT molecular complexity index is 1280. The van der Waals surface area contributed by atoms with Gasteiger partial charge in [0.25, 0.3) is 10.0 Å². The van der Waals surface area contributed by atoms with E-state index in [1.54, 1.807) is 24.3 Å². The van der Waals surface area contributed by atoms with Gasteiger partial charge in [-0.2, -0.15) is 0 Å². The zero-order chi connectivity index (χ0) is 23.6. The molecule has 0 bridgehead atoms. The van der Waals surface area contributed by atoms with Gasteiger partial charge in [0, 0.05) is 5.02 Å². The van der Waals surface area contributed by atoms with Crippen molar-refractivity contribution in [1.82, 2.24) is 5.32 Å². The zero-order valence-corrected chi connectivity index (χ0v) is 20.4. The molecule has 3 aromatic carbocycles. The number of aryl methyl sites for hydroxylation is 2. The fourth-order valence-electron chi connectivity index (χ4n) is 4.06. The molecule has 0 unspecified atom stereocenters. The van der Waals surface area contributed by atoms with Crippen LogP contribution >= 0.6 is 23.2 Å². The fraction of sp³-hybridized carbons (Fsp3) is 0.240. The highest BCUT2D eigenvalue weighted by atomic mass is 35.5. The van der Waals surface area contributed by atoms with Crippen molar-refractivity contribution in [3.8, 4) is 0 Å². The highest BCUT2D eigenvalue weighted by molar-refractivity contribution is 7.92. The molecule has 0 radical (unpaired) electrons. The van der Waals surface area contributed by atoms with Crippen LogP contribution in [0, 0.1) is 0 Å². The summed E-state index contributed by atoms with van der Waals surface area (Å²) in [6.07, 6.45) is 3.27. The van der Waals surface area contributed by atoms with Gasteiger partial charge < -0.3 is 5.32 Å². The van der Waals surface area contributed by atoms with Crippen LogP contribution in [0.5, 0.6) is 0 Å². The molecule has 0 aromatic heterocycles. The summed E-state index contributed by atoms with van der Waals surface area (Å²) in [5.74, 6) is -0.446. The molecule has 8 heteroatoms. The molecule has 3 aromatic rings. The maximum Gasteiger partial charge on any atom is 0.264 e. The third-order valence-electron chi connectivity index (χ3n) is 5.80. The van der Waals surface area contributed by atoms with Crippen molar-refractivity contribution in [3.63, 3.8) is 0 Å². The highest BCUT2D eigenvalue weighted by Crippen LogP contribution is 2.33. The molecule has 0 spiro atoms. The van der Waals surface area contributed by atoms with Gasteiger partial charge in [-0.15, -0.1) is 0 Å². The van der Waals surface area contributed by atoms with E-state index in [1.807, 2.05) is 13.0 Å². The molecule has 0 heterocycles. The molecule has 0 aliphatic heterocycles. The van der Waals surface area contributed by atoms with E-state index in [1.165, 1.54) is 35.4 Å². The van der Waals surface area contributed by atoms with Crippen LogP contribution in [0.15, 0.2) is 71.6 Å². The second-order valence-electron chi connectivity index (χ2n) is 8.09. The van der Waals surface area contributed by atoms with E-state index < -0.39 is 22.5 Å². The summed E-state index contributed by atoms with van der Waals surface area (Å²) in [5, 5.41) is 3.42. The number of halogens is 2. The number of sulfonamides is 1. The first kappa shape index (κ1) is 23.6. The molecule has 1 aliphatic carbocycles. The lowest BCUT2D eigenvalue weighted by Crippen LogP contribution is -2.41. The molecule has 0 fully saturated rings. The van der Waals surface area contributed by atoms with Gasteiger partial charge in [0.2, 0.25) is 5.91 Å². The first-order chi connectivity index (χ1) is 15.8. The van der Waals surface area contributed by atoms with Gasteiger partial charge in [0.15, 0.2) is 0 Å². The van der Waals surface area contributed by atoms with Crippen LogP contribution in [0.2, 0.25) is 10.0 Å². The van der Waals surface area contributed by atoms with Crippen LogP contribution in [-0.2, 0) is 27.7 Å². The Hall–Kier alpha value is -2.54. The molecule has 33 heavy (non-hydrogen) atoms. The molecule has 0 saturated heterocycles. The zero-order valence-electron chi connectivity index (χ0n) is 18.1. The lowest BCUT2D eigenvalue weighted by Gasteiger charge is -2.26. The van der Waals surface area contributed by atoms with Gasteiger partial charge in [0.05, 0.1) is 21.6 Å². The average molecular weight is 503 g/mol. The van der Waals surface area contributed by atoms with Crippen molar-refractivity contribution < 1.29 is 13.2 Å². The molecule has 4 rings (SSSR count). The maximum atomic E-state index is 13.5. The monoisotopic (exact) mass is 502 g/mol. The first-order valence-electron chi connectivity index (χ1n) is 10.7. The summed E-state index contributed by atoms with van der Waals surface area (Å²) in [6, 6.07) is 18.4. The number of carbonyl (C=O) groups excluding carboxylic acids is 1. The molecule has 172 valence electrons. The van der Waals surface area contributed by atoms with E-state index in [0.29, 0.717) is 5.02 Å².